The van der Waals surface area contributed by atoms with Gasteiger partial charge in [0, 0.05) is 50.9 Å². The molecule has 0 aliphatic carbocycles. The number of aliphatic imine (C=N–C) groups is 1. The number of hydrogen-bond donors (Lipinski definition) is 2. The van der Waals surface area contributed by atoms with Gasteiger partial charge in [0.05, 0.1) is 6.54 Å². The Labute approximate surface area is 255 Å². The molecule has 0 spiro atoms. The third kappa shape index (κ3) is 6.99. The van der Waals surface area contributed by atoms with Gasteiger partial charge < -0.3 is 29.6 Å². The predicted octanol–water partition coefficient (Wildman–Crippen LogP) is 2.28. The molecule has 13 heteroatoms. The van der Waals surface area contributed by atoms with Gasteiger partial charge in [0.2, 0.25) is 17.8 Å². The summed E-state index contributed by atoms with van der Waals surface area (Å²) in [5.41, 5.74) is 1.15. The molecule has 0 unspecified atom stereocenters. The van der Waals surface area contributed by atoms with Gasteiger partial charge >= 0.3 is 5.91 Å². The van der Waals surface area contributed by atoms with Crippen molar-refractivity contribution in [3.63, 3.8) is 0 Å². The van der Waals surface area contributed by atoms with E-state index in [1.54, 1.807) is 21.9 Å². The number of carbonyl (C=O) groups excluding carboxylic acids is 4. The number of benzene rings is 1. The van der Waals surface area contributed by atoms with Gasteiger partial charge in [-0.15, -0.1) is 0 Å². The molecule has 2 saturated heterocycles. The summed E-state index contributed by atoms with van der Waals surface area (Å²) in [5.74, 6) is -0.764. The van der Waals surface area contributed by atoms with Gasteiger partial charge in [0.1, 0.15) is 22.9 Å². The Balaban J connectivity index is 1.41. The highest BCUT2D eigenvalue weighted by atomic mass is 16.5. The quantitative estimate of drug-likeness (QED) is 0.190. The number of carbonyl (C=O) groups is 4. The molecular formula is C31H37N7O6. The fourth-order valence-corrected chi connectivity index (χ4v) is 5.42. The Bertz CT molecular complexity index is 1610. The van der Waals surface area contributed by atoms with Crippen LogP contribution in [0.3, 0.4) is 0 Å². The summed E-state index contributed by atoms with van der Waals surface area (Å²) in [6.45, 7) is 3.71. The van der Waals surface area contributed by atoms with Crippen LogP contribution in [0.2, 0.25) is 0 Å². The number of fused-ring (bicyclic) bond motifs is 1. The smallest absolute Gasteiger partial charge is 0.319 e. The van der Waals surface area contributed by atoms with Crippen LogP contribution >= 0.6 is 0 Å². The van der Waals surface area contributed by atoms with Crippen LogP contribution in [0.15, 0.2) is 52.0 Å². The number of furan rings is 1. The van der Waals surface area contributed by atoms with Crippen molar-refractivity contribution in [3.8, 4) is 0 Å². The first-order valence-electron chi connectivity index (χ1n) is 14.8. The number of anilines is 1. The van der Waals surface area contributed by atoms with Crippen LogP contribution in [0.25, 0.3) is 11.0 Å². The summed E-state index contributed by atoms with van der Waals surface area (Å²) in [7, 11) is 3.05. The lowest BCUT2D eigenvalue weighted by atomic mass is 10.1. The lowest BCUT2D eigenvalue weighted by Gasteiger charge is -2.25. The molecule has 2 N–H and O–H groups in total. The first kappa shape index (κ1) is 30.5. The monoisotopic (exact) mass is 603 g/mol. The molecule has 2 aliphatic heterocycles. The Morgan fingerprint density at radius 2 is 1.82 bits per heavy atom. The number of rotatable bonds is 6. The second kappa shape index (κ2) is 13.1. The van der Waals surface area contributed by atoms with E-state index < -0.39 is 17.9 Å². The number of amides is 4. The van der Waals surface area contributed by atoms with E-state index in [0.717, 1.165) is 36.6 Å². The molecule has 232 valence electrons. The number of likely N-dealkylation sites (tertiary alicyclic amines) is 2. The first-order chi connectivity index (χ1) is 21.1. The average Bonchev–Trinajstić information content (AvgIpc) is 3.62. The molecule has 2 aromatic heterocycles. The highest BCUT2D eigenvalue weighted by Crippen LogP contribution is 2.23. The van der Waals surface area contributed by atoms with E-state index >= 15 is 0 Å². The molecule has 2 aliphatic rings. The predicted molar refractivity (Wildman–Crippen MR) is 163 cm³/mol. The second-order valence-corrected chi connectivity index (χ2v) is 11.4. The maximum atomic E-state index is 13.6. The summed E-state index contributed by atoms with van der Waals surface area (Å²) in [6, 6.07) is 9.08. The summed E-state index contributed by atoms with van der Waals surface area (Å²) in [6.07, 6.45) is 4.84. The Kier molecular flexibility index (Phi) is 9.12. The molecule has 2 fully saturated rings. The Hall–Kier alpha value is -4.94. The fraction of sp³-hybridized carbons (Fsp3) is 0.419. The van der Waals surface area contributed by atoms with Crippen molar-refractivity contribution in [1.29, 1.82) is 0 Å². The fourth-order valence-electron chi connectivity index (χ4n) is 5.42. The van der Waals surface area contributed by atoms with Crippen LogP contribution in [-0.4, -0.2) is 90.6 Å². The maximum absolute atomic E-state index is 13.6. The standard InChI is InChI=1S/C31H37N7O6/c1-20-16-22-17-23(10-12-26(22)44-20)32-31(34-28(40)21-9-11-25(38(43)18-21)30(42)35(2)3)33-24-8-4-5-15-37(29(24)41)19-27(39)36-13-6-7-14-36/h9-12,16-18,24H,4-8,13-15,19H2,1-3H3,(H2,32,33,34,40)/t24-/m0/s1. The van der Waals surface area contributed by atoms with Gasteiger partial charge in [-0.25, -0.2) is 4.99 Å². The zero-order chi connectivity index (χ0) is 31.4. The molecule has 4 amide bonds. The van der Waals surface area contributed by atoms with Crippen molar-refractivity contribution in [1.82, 2.24) is 20.0 Å². The summed E-state index contributed by atoms with van der Waals surface area (Å²) in [5, 5.41) is 19.2. The molecule has 0 saturated carbocycles. The van der Waals surface area contributed by atoms with Gasteiger partial charge in [0.25, 0.3) is 11.6 Å². The van der Waals surface area contributed by atoms with E-state index in [9.17, 15) is 24.4 Å². The number of nitrogens with zero attached hydrogens (tertiary/aromatic N) is 5. The van der Waals surface area contributed by atoms with Gasteiger partial charge in [-0.1, -0.05) is 0 Å². The summed E-state index contributed by atoms with van der Waals surface area (Å²) in [4.78, 5) is 61.4. The van der Waals surface area contributed by atoms with Crippen molar-refractivity contribution in [2.75, 3.05) is 45.6 Å². The first-order valence-corrected chi connectivity index (χ1v) is 14.8. The molecule has 13 nitrogen and oxygen atoms in total. The van der Waals surface area contributed by atoms with E-state index in [-0.39, 0.29) is 35.6 Å². The van der Waals surface area contributed by atoms with Crippen LogP contribution in [0.5, 0.6) is 0 Å². The average molecular weight is 604 g/mol. The minimum Gasteiger partial charge on any atom is -0.618 e. The highest BCUT2D eigenvalue weighted by Gasteiger charge is 2.31. The molecule has 4 heterocycles. The van der Waals surface area contributed by atoms with Crippen LogP contribution in [-0.2, 0) is 9.59 Å². The Morgan fingerprint density at radius 1 is 1.07 bits per heavy atom. The van der Waals surface area contributed by atoms with Crippen molar-refractivity contribution in [2.45, 2.75) is 45.1 Å². The number of aryl methyl sites for hydroxylation is 1. The SMILES string of the molecule is Cc1cc2cc(NC(=N[C@H]3CCCCN(CC(=O)N4CCCC4)C3=O)NC(=O)c3ccc(C(=O)N(C)C)[n+]([O-])c3)ccc2o1. The lowest BCUT2D eigenvalue weighted by molar-refractivity contribution is -0.608. The van der Waals surface area contributed by atoms with Crippen molar-refractivity contribution in [2.24, 2.45) is 4.99 Å². The normalized spacial score (nSPS) is 17.5. The zero-order valence-electron chi connectivity index (χ0n) is 25.2. The number of pyridine rings is 1. The van der Waals surface area contributed by atoms with Gasteiger partial charge in [-0.3, -0.25) is 24.5 Å². The maximum Gasteiger partial charge on any atom is 0.319 e. The molecule has 1 atom stereocenters. The van der Waals surface area contributed by atoms with Gasteiger partial charge in [-0.2, -0.15) is 4.73 Å². The number of hydrogen-bond acceptors (Lipinski definition) is 7. The van der Waals surface area contributed by atoms with Crippen molar-refractivity contribution in [3.05, 3.63) is 64.8 Å². The van der Waals surface area contributed by atoms with Crippen LogP contribution in [0, 0.1) is 12.1 Å². The Morgan fingerprint density at radius 3 is 2.55 bits per heavy atom. The third-order valence-electron chi connectivity index (χ3n) is 7.76. The number of guanidine groups is 1. The number of aromatic nitrogens is 1. The minimum atomic E-state index is -0.837. The second-order valence-electron chi connectivity index (χ2n) is 11.4. The lowest BCUT2D eigenvalue weighted by Crippen LogP contribution is -2.46. The molecule has 1 aromatic carbocycles. The molecular weight excluding hydrogens is 566 g/mol. The largest absolute Gasteiger partial charge is 0.618 e. The summed E-state index contributed by atoms with van der Waals surface area (Å²) < 4.78 is 6.01. The molecule has 0 radical (unpaired) electrons. The molecule has 5 rings (SSSR count). The third-order valence-corrected chi connectivity index (χ3v) is 7.76. The minimum absolute atomic E-state index is 0.00198. The van der Waals surface area contributed by atoms with Crippen molar-refractivity contribution < 1.29 is 28.3 Å². The van der Waals surface area contributed by atoms with E-state index in [4.69, 9.17) is 4.42 Å². The highest BCUT2D eigenvalue weighted by molar-refractivity contribution is 6.10. The molecule has 44 heavy (non-hydrogen) atoms. The van der Waals surface area contributed by atoms with E-state index in [1.807, 2.05) is 19.1 Å². The van der Waals surface area contributed by atoms with Crippen LogP contribution in [0.4, 0.5) is 5.69 Å². The number of nitrogens with one attached hydrogen (secondary N) is 2. The van der Waals surface area contributed by atoms with Crippen LogP contribution in [0.1, 0.15) is 58.7 Å². The summed E-state index contributed by atoms with van der Waals surface area (Å²) >= 11 is 0. The van der Waals surface area contributed by atoms with E-state index in [1.165, 1.54) is 31.1 Å². The van der Waals surface area contributed by atoms with E-state index in [2.05, 4.69) is 15.6 Å². The zero-order valence-corrected chi connectivity index (χ0v) is 25.2. The van der Waals surface area contributed by atoms with Crippen LogP contribution < -0.4 is 15.4 Å². The van der Waals surface area contributed by atoms with E-state index in [0.29, 0.717) is 48.5 Å². The molecule has 0 bridgehead atoms. The van der Waals surface area contributed by atoms with Gasteiger partial charge in [0.15, 0.2) is 6.20 Å². The molecule has 3 aromatic rings. The van der Waals surface area contributed by atoms with Crippen molar-refractivity contribution >= 4 is 46.2 Å². The van der Waals surface area contributed by atoms with Gasteiger partial charge in [-0.05, 0) is 69.4 Å². The topological polar surface area (TPSA) is 154 Å².